The number of alkyl carbamates (subject to hydrolysis) is 1. The van der Waals surface area contributed by atoms with Crippen LogP contribution in [-0.4, -0.2) is 17.7 Å². The highest BCUT2D eigenvalue weighted by molar-refractivity contribution is 5.67. The van der Waals surface area contributed by atoms with Gasteiger partial charge in [-0.05, 0) is 34.1 Å². The molecule has 0 aliphatic heterocycles. The Kier molecular flexibility index (Phi) is 7.12. The van der Waals surface area contributed by atoms with Crippen LogP contribution in [0.5, 0.6) is 5.75 Å². The number of hydrogen-bond acceptors (Lipinski definition) is 3. The van der Waals surface area contributed by atoms with Crippen molar-refractivity contribution in [2.75, 3.05) is 6.54 Å². The van der Waals surface area contributed by atoms with Crippen LogP contribution in [0.3, 0.4) is 0 Å². The Balaban J connectivity index is 2.03. The minimum Gasteiger partial charge on any atom is -0.507 e. The molecular formula is C25H33NO3. The zero-order valence-electron chi connectivity index (χ0n) is 18.4. The van der Waals surface area contributed by atoms with E-state index < -0.39 is 6.09 Å². The van der Waals surface area contributed by atoms with Crippen LogP contribution in [0, 0.1) is 0 Å². The van der Waals surface area contributed by atoms with Crippen molar-refractivity contribution in [1.82, 2.24) is 5.32 Å². The van der Waals surface area contributed by atoms with E-state index in [4.69, 9.17) is 4.74 Å². The fourth-order valence-electron chi connectivity index (χ4n) is 3.01. The molecule has 2 rings (SSSR count). The third-order valence-electron chi connectivity index (χ3n) is 4.64. The van der Waals surface area contributed by atoms with Gasteiger partial charge >= 0.3 is 6.09 Å². The van der Waals surface area contributed by atoms with E-state index in [1.54, 1.807) is 0 Å². The third-order valence-corrected chi connectivity index (χ3v) is 4.64. The standard InChI is InChI=1S/C25H33NO3/c1-24(2,3)20-15-19(16-21(22(20)27)25(4,5)6)13-10-14-26-23(28)29-17-18-11-8-7-9-12-18/h7-13,15-16,27H,14,17H2,1-6H3,(H,26,28). The normalized spacial score (nSPS) is 12.2. The number of ether oxygens (including phenoxy) is 1. The number of amides is 1. The summed E-state index contributed by atoms with van der Waals surface area (Å²) in [7, 11) is 0. The Hall–Kier alpha value is -2.75. The lowest BCUT2D eigenvalue weighted by Gasteiger charge is -2.27. The maximum atomic E-state index is 11.8. The van der Waals surface area contributed by atoms with Gasteiger partial charge in [-0.25, -0.2) is 4.79 Å². The van der Waals surface area contributed by atoms with Crippen molar-refractivity contribution < 1.29 is 14.6 Å². The molecule has 4 nitrogen and oxygen atoms in total. The summed E-state index contributed by atoms with van der Waals surface area (Å²) in [5, 5.41) is 13.5. The van der Waals surface area contributed by atoms with Gasteiger partial charge in [0.15, 0.2) is 0 Å². The van der Waals surface area contributed by atoms with Crippen molar-refractivity contribution >= 4 is 12.2 Å². The van der Waals surface area contributed by atoms with E-state index in [0.717, 1.165) is 22.3 Å². The van der Waals surface area contributed by atoms with Gasteiger partial charge in [-0.3, -0.25) is 0 Å². The summed E-state index contributed by atoms with van der Waals surface area (Å²) in [4.78, 5) is 11.8. The summed E-state index contributed by atoms with van der Waals surface area (Å²) in [6, 6.07) is 13.6. The molecule has 2 aromatic carbocycles. The van der Waals surface area contributed by atoms with Crippen LogP contribution >= 0.6 is 0 Å². The van der Waals surface area contributed by atoms with Gasteiger partial charge in [-0.1, -0.05) is 84.0 Å². The predicted octanol–water partition coefficient (Wildman–Crippen LogP) is 5.93. The zero-order chi connectivity index (χ0) is 21.7. The van der Waals surface area contributed by atoms with Crippen LogP contribution in [0.4, 0.5) is 4.79 Å². The fraction of sp³-hybridized carbons (Fsp3) is 0.400. The van der Waals surface area contributed by atoms with Gasteiger partial charge in [-0.2, -0.15) is 0 Å². The summed E-state index contributed by atoms with van der Waals surface area (Å²) in [6.07, 6.45) is 3.39. The van der Waals surface area contributed by atoms with Gasteiger partial charge < -0.3 is 15.2 Å². The summed E-state index contributed by atoms with van der Waals surface area (Å²) < 4.78 is 5.21. The molecule has 0 unspecified atom stereocenters. The number of aromatic hydroxyl groups is 1. The SMILES string of the molecule is CC(C)(C)c1cc(C=CCNC(=O)OCc2ccccc2)cc(C(C)(C)C)c1O. The van der Waals surface area contributed by atoms with E-state index in [0.29, 0.717) is 12.3 Å². The number of carbonyl (C=O) groups is 1. The maximum Gasteiger partial charge on any atom is 0.407 e. The second kappa shape index (κ2) is 9.17. The molecule has 0 saturated heterocycles. The Morgan fingerprint density at radius 1 is 1.00 bits per heavy atom. The van der Waals surface area contributed by atoms with Crippen molar-refractivity contribution in [2.24, 2.45) is 0 Å². The molecule has 0 spiro atoms. The van der Waals surface area contributed by atoms with Gasteiger partial charge in [0, 0.05) is 17.7 Å². The molecule has 0 aromatic heterocycles. The average Bonchev–Trinajstić information content (AvgIpc) is 2.63. The summed E-state index contributed by atoms with van der Waals surface area (Å²) in [5.41, 5.74) is 3.43. The van der Waals surface area contributed by atoms with E-state index in [1.807, 2.05) is 54.6 Å². The van der Waals surface area contributed by atoms with E-state index in [-0.39, 0.29) is 17.4 Å². The number of benzene rings is 2. The number of carbonyl (C=O) groups excluding carboxylic acids is 1. The summed E-state index contributed by atoms with van der Waals surface area (Å²) >= 11 is 0. The quantitative estimate of drug-likeness (QED) is 0.660. The lowest BCUT2D eigenvalue weighted by molar-refractivity contribution is 0.141. The molecule has 0 fully saturated rings. The predicted molar refractivity (Wildman–Crippen MR) is 119 cm³/mol. The molecule has 2 N–H and O–H groups in total. The topological polar surface area (TPSA) is 58.6 Å². The van der Waals surface area contributed by atoms with Crippen LogP contribution in [0.1, 0.15) is 63.8 Å². The number of hydrogen-bond donors (Lipinski definition) is 2. The molecule has 1 amide bonds. The lowest BCUT2D eigenvalue weighted by Crippen LogP contribution is -2.24. The second-order valence-electron chi connectivity index (χ2n) is 9.31. The Bertz CT molecular complexity index is 821. The number of nitrogens with one attached hydrogen (secondary N) is 1. The number of phenols is 1. The first-order valence-corrected chi connectivity index (χ1v) is 9.97. The average molecular weight is 396 g/mol. The minimum absolute atomic E-state index is 0.173. The molecule has 4 heteroatoms. The van der Waals surface area contributed by atoms with E-state index in [1.165, 1.54) is 0 Å². The van der Waals surface area contributed by atoms with E-state index >= 15 is 0 Å². The molecular weight excluding hydrogens is 362 g/mol. The van der Waals surface area contributed by atoms with E-state index in [2.05, 4.69) is 46.9 Å². The van der Waals surface area contributed by atoms with Crippen molar-refractivity contribution in [3.63, 3.8) is 0 Å². The lowest BCUT2D eigenvalue weighted by atomic mass is 9.78. The zero-order valence-corrected chi connectivity index (χ0v) is 18.4. The molecule has 0 radical (unpaired) electrons. The first kappa shape index (κ1) is 22.5. The Labute approximate surface area is 174 Å². The van der Waals surface area contributed by atoms with Crippen LogP contribution < -0.4 is 5.32 Å². The van der Waals surface area contributed by atoms with Crippen molar-refractivity contribution in [3.8, 4) is 5.75 Å². The highest BCUT2D eigenvalue weighted by atomic mass is 16.5. The van der Waals surface area contributed by atoms with Gasteiger partial charge in [0.1, 0.15) is 12.4 Å². The summed E-state index contributed by atoms with van der Waals surface area (Å²) in [5.74, 6) is 0.366. The molecule has 0 saturated carbocycles. The monoisotopic (exact) mass is 395 g/mol. The fourth-order valence-corrected chi connectivity index (χ4v) is 3.01. The van der Waals surface area contributed by atoms with Crippen molar-refractivity contribution in [2.45, 2.75) is 59.0 Å². The highest BCUT2D eigenvalue weighted by Crippen LogP contribution is 2.39. The largest absolute Gasteiger partial charge is 0.507 e. The third kappa shape index (κ3) is 6.67. The molecule has 2 aromatic rings. The number of rotatable bonds is 5. The molecule has 0 bridgehead atoms. The van der Waals surface area contributed by atoms with E-state index in [9.17, 15) is 9.90 Å². The molecule has 0 atom stereocenters. The van der Waals surface area contributed by atoms with Crippen molar-refractivity contribution in [3.05, 3.63) is 70.8 Å². The number of phenolic OH excluding ortho intramolecular Hbond substituents is 1. The van der Waals surface area contributed by atoms with Crippen LogP contribution in [0.25, 0.3) is 6.08 Å². The molecule has 0 aliphatic carbocycles. The van der Waals surface area contributed by atoms with Gasteiger partial charge in [0.25, 0.3) is 0 Å². The minimum atomic E-state index is -0.449. The molecule has 29 heavy (non-hydrogen) atoms. The first-order chi connectivity index (χ1) is 13.5. The van der Waals surface area contributed by atoms with Crippen LogP contribution in [-0.2, 0) is 22.2 Å². The van der Waals surface area contributed by atoms with Gasteiger partial charge in [0.05, 0.1) is 0 Å². The first-order valence-electron chi connectivity index (χ1n) is 9.97. The maximum absolute atomic E-state index is 11.8. The van der Waals surface area contributed by atoms with Gasteiger partial charge in [-0.15, -0.1) is 0 Å². The second-order valence-corrected chi connectivity index (χ2v) is 9.31. The Morgan fingerprint density at radius 3 is 2.07 bits per heavy atom. The van der Waals surface area contributed by atoms with Crippen LogP contribution in [0.2, 0.25) is 0 Å². The van der Waals surface area contributed by atoms with Crippen LogP contribution in [0.15, 0.2) is 48.5 Å². The molecule has 0 heterocycles. The van der Waals surface area contributed by atoms with Crippen molar-refractivity contribution in [1.29, 1.82) is 0 Å². The van der Waals surface area contributed by atoms with Gasteiger partial charge in [0.2, 0.25) is 0 Å². The molecule has 0 aliphatic rings. The Morgan fingerprint density at radius 2 is 1.55 bits per heavy atom. The smallest absolute Gasteiger partial charge is 0.407 e. The molecule has 156 valence electrons. The summed E-state index contributed by atoms with van der Waals surface area (Å²) in [6.45, 7) is 13.2. The highest BCUT2D eigenvalue weighted by Gasteiger charge is 2.26.